The number of nitrogens with two attached hydrogens (primary N) is 1. The number of nitrogens with zero attached hydrogens (tertiary/aromatic N) is 4. The lowest BCUT2D eigenvalue weighted by atomic mass is 9.78. The van der Waals surface area contributed by atoms with Crippen molar-refractivity contribution in [2.45, 2.75) is 32.9 Å². The van der Waals surface area contributed by atoms with Gasteiger partial charge in [-0.05, 0) is 19.8 Å². The van der Waals surface area contributed by atoms with Crippen LogP contribution in [0.4, 0.5) is 0 Å². The fraction of sp³-hybridized carbons (Fsp3) is 0.667. The number of amides is 1. The van der Waals surface area contributed by atoms with Gasteiger partial charge in [0.1, 0.15) is 11.7 Å². The van der Waals surface area contributed by atoms with Gasteiger partial charge < -0.3 is 25.6 Å². The average molecular weight is 296 g/mol. The maximum atomic E-state index is 12.5. The van der Waals surface area contributed by atoms with Crippen molar-refractivity contribution in [3.63, 3.8) is 0 Å². The van der Waals surface area contributed by atoms with Crippen LogP contribution in [0, 0.1) is 5.41 Å². The van der Waals surface area contributed by atoms with Crippen LogP contribution in [-0.2, 0) is 22.6 Å². The zero-order valence-electron chi connectivity index (χ0n) is 11.9. The second kappa shape index (κ2) is 6.53. The fourth-order valence-corrected chi connectivity index (χ4v) is 2.42. The molecule has 0 bridgehead atoms. The average Bonchev–Trinajstić information content (AvgIpc) is 2.99. The Bertz CT molecular complexity index is 521. The molecule has 2 rings (SSSR count). The van der Waals surface area contributed by atoms with Gasteiger partial charge in [-0.1, -0.05) is 5.16 Å². The zero-order valence-corrected chi connectivity index (χ0v) is 11.9. The van der Waals surface area contributed by atoms with Crippen LogP contribution in [-0.4, -0.2) is 44.9 Å². The highest BCUT2D eigenvalue weighted by Gasteiger charge is 2.44. The molecule has 2 heterocycles. The van der Waals surface area contributed by atoms with E-state index in [1.54, 1.807) is 6.33 Å². The third kappa shape index (κ3) is 2.97. The molecule has 4 N–H and O–H groups in total. The molecule has 1 aromatic heterocycles. The van der Waals surface area contributed by atoms with Gasteiger partial charge in [0, 0.05) is 19.8 Å². The molecule has 9 nitrogen and oxygen atoms in total. The van der Waals surface area contributed by atoms with Crippen LogP contribution in [0.3, 0.4) is 0 Å². The van der Waals surface area contributed by atoms with Crippen LogP contribution in [0.15, 0.2) is 11.5 Å². The van der Waals surface area contributed by atoms with E-state index in [1.165, 1.54) is 0 Å². The molecule has 1 amide bonds. The number of carbonyl (C=O) groups excluding carboxylic acids is 1. The predicted octanol–water partition coefficient (Wildman–Crippen LogP) is -0.543. The van der Waals surface area contributed by atoms with Gasteiger partial charge in [0.15, 0.2) is 11.7 Å². The molecular formula is C12H20N6O3. The fourth-order valence-electron chi connectivity index (χ4n) is 2.42. The van der Waals surface area contributed by atoms with Gasteiger partial charge in [0.05, 0.1) is 6.54 Å². The number of aryl methyl sites for hydroxylation is 1. The van der Waals surface area contributed by atoms with Gasteiger partial charge in [0.25, 0.3) is 0 Å². The van der Waals surface area contributed by atoms with E-state index in [0.717, 1.165) is 6.54 Å². The molecule has 0 atom stereocenters. The molecule has 116 valence electrons. The lowest BCUT2D eigenvalue weighted by molar-refractivity contribution is -0.131. The normalized spacial score (nSPS) is 18.4. The van der Waals surface area contributed by atoms with Gasteiger partial charge >= 0.3 is 0 Å². The lowest BCUT2D eigenvalue weighted by Crippen LogP contribution is -2.52. The summed E-state index contributed by atoms with van der Waals surface area (Å²) in [7, 11) is 0. The van der Waals surface area contributed by atoms with E-state index in [9.17, 15) is 4.79 Å². The van der Waals surface area contributed by atoms with E-state index in [4.69, 9.17) is 15.7 Å². The number of rotatable bonds is 5. The summed E-state index contributed by atoms with van der Waals surface area (Å²) < 4.78 is 7.09. The third-order valence-electron chi connectivity index (χ3n) is 3.82. The molecule has 1 fully saturated rings. The van der Waals surface area contributed by atoms with E-state index >= 15 is 0 Å². The number of carbonyl (C=O) groups is 1. The number of oxime groups is 1. The molecule has 1 aromatic rings. The summed E-state index contributed by atoms with van der Waals surface area (Å²) in [5.41, 5.74) is 4.72. The monoisotopic (exact) mass is 296 g/mol. The predicted molar refractivity (Wildman–Crippen MR) is 73.4 cm³/mol. The molecule has 0 spiro atoms. The Morgan fingerprint density at radius 1 is 1.62 bits per heavy atom. The van der Waals surface area contributed by atoms with E-state index in [-0.39, 0.29) is 18.3 Å². The topological polar surface area (TPSA) is 128 Å². The molecule has 9 heteroatoms. The van der Waals surface area contributed by atoms with Crippen molar-refractivity contribution < 1.29 is 14.7 Å². The minimum atomic E-state index is -1.02. The van der Waals surface area contributed by atoms with Gasteiger partial charge in [0.2, 0.25) is 5.91 Å². The molecule has 0 saturated carbocycles. The van der Waals surface area contributed by atoms with Crippen LogP contribution in [0.2, 0.25) is 0 Å². The smallest absolute Gasteiger partial charge is 0.234 e. The molecular weight excluding hydrogens is 276 g/mol. The third-order valence-corrected chi connectivity index (χ3v) is 3.82. The summed E-state index contributed by atoms with van der Waals surface area (Å²) in [6, 6.07) is 0. The number of nitrogens with one attached hydrogen (secondary N) is 1. The Morgan fingerprint density at radius 3 is 2.95 bits per heavy atom. The van der Waals surface area contributed by atoms with E-state index in [0.29, 0.717) is 31.9 Å². The molecule has 1 saturated heterocycles. The van der Waals surface area contributed by atoms with Crippen molar-refractivity contribution in [1.82, 2.24) is 20.1 Å². The first-order valence-corrected chi connectivity index (χ1v) is 6.84. The summed E-state index contributed by atoms with van der Waals surface area (Å²) in [5, 5.41) is 22.5. The first-order valence-electron chi connectivity index (χ1n) is 6.84. The van der Waals surface area contributed by atoms with Crippen molar-refractivity contribution in [1.29, 1.82) is 0 Å². The zero-order chi connectivity index (χ0) is 15.3. The summed E-state index contributed by atoms with van der Waals surface area (Å²) in [5.74, 6) is 0.291. The largest absolute Gasteiger partial charge is 0.409 e. The Morgan fingerprint density at radius 2 is 2.33 bits per heavy atom. The SMILES string of the molecule is CCn1cnnc1CNC(=O)C1(C(N)=NO)CCOCC1. The summed E-state index contributed by atoms with van der Waals surface area (Å²) in [4.78, 5) is 12.5. The Kier molecular flexibility index (Phi) is 4.73. The molecule has 0 unspecified atom stereocenters. The van der Waals surface area contributed by atoms with Crippen molar-refractivity contribution in [2.75, 3.05) is 13.2 Å². The molecule has 0 radical (unpaired) electrons. The highest BCUT2D eigenvalue weighted by Crippen LogP contribution is 2.31. The number of aromatic nitrogens is 3. The Balaban J connectivity index is 2.09. The van der Waals surface area contributed by atoms with Crippen LogP contribution in [0.5, 0.6) is 0 Å². The Labute approximate surface area is 122 Å². The number of ether oxygens (including phenoxy) is 1. The van der Waals surface area contributed by atoms with E-state index in [2.05, 4.69) is 20.7 Å². The second-order valence-electron chi connectivity index (χ2n) is 4.90. The highest BCUT2D eigenvalue weighted by molar-refractivity contribution is 6.06. The first-order chi connectivity index (χ1) is 10.1. The van der Waals surface area contributed by atoms with Gasteiger partial charge in [-0.25, -0.2) is 0 Å². The molecule has 0 aliphatic carbocycles. The molecule has 21 heavy (non-hydrogen) atoms. The number of amidine groups is 1. The summed E-state index contributed by atoms with van der Waals surface area (Å²) >= 11 is 0. The van der Waals surface area contributed by atoms with Gasteiger partial charge in [-0.3, -0.25) is 4.79 Å². The van der Waals surface area contributed by atoms with Gasteiger partial charge in [-0.15, -0.1) is 10.2 Å². The number of hydrogen-bond acceptors (Lipinski definition) is 6. The Hall–Kier alpha value is -2.16. The van der Waals surface area contributed by atoms with Crippen LogP contribution < -0.4 is 11.1 Å². The number of hydrogen-bond donors (Lipinski definition) is 3. The quantitative estimate of drug-likeness (QED) is 0.290. The van der Waals surface area contributed by atoms with Crippen molar-refractivity contribution in [3.8, 4) is 0 Å². The first kappa shape index (κ1) is 15.2. The lowest BCUT2D eigenvalue weighted by Gasteiger charge is -2.34. The van der Waals surface area contributed by atoms with Crippen LogP contribution >= 0.6 is 0 Å². The highest BCUT2D eigenvalue weighted by atomic mass is 16.5. The second-order valence-corrected chi connectivity index (χ2v) is 4.90. The van der Waals surface area contributed by atoms with Gasteiger partial charge in [-0.2, -0.15) is 0 Å². The maximum Gasteiger partial charge on any atom is 0.234 e. The summed E-state index contributed by atoms with van der Waals surface area (Å²) in [6.45, 7) is 3.72. The van der Waals surface area contributed by atoms with Crippen molar-refractivity contribution in [2.24, 2.45) is 16.3 Å². The molecule has 1 aliphatic rings. The standard InChI is InChI=1S/C12H20N6O3/c1-2-18-8-15-16-9(18)7-14-11(19)12(10(13)17-20)3-5-21-6-4-12/h8,20H,2-7H2,1H3,(H2,13,17)(H,14,19). The van der Waals surface area contributed by atoms with E-state index < -0.39 is 5.41 Å². The van der Waals surface area contributed by atoms with Crippen molar-refractivity contribution in [3.05, 3.63) is 12.2 Å². The maximum absolute atomic E-state index is 12.5. The van der Waals surface area contributed by atoms with E-state index in [1.807, 2.05) is 11.5 Å². The minimum absolute atomic E-state index is 0.0831. The summed E-state index contributed by atoms with van der Waals surface area (Å²) in [6.07, 6.45) is 2.37. The molecule has 1 aliphatic heterocycles. The van der Waals surface area contributed by atoms with Crippen LogP contribution in [0.25, 0.3) is 0 Å². The molecule has 0 aromatic carbocycles. The minimum Gasteiger partial charge on any atom is -0.409 e. The van der Waals surface area contributed by atoms with Crippen LogP contribution in [0.1, 0.15) is 25.6 Å². The van der Waals surface area contributed by atoms with Crippen molar-refractivity contribution >= 4 is 11.7 Å².